The molecule has 1 aliphatic heterocycles. The molecular formula is C12H25IN4. The van der Waals surface area contributed by atoms with Crippen LogP contribution >= 0.6 is 24.0 Å². The number of halogens is 1. The van der Waals surface area contributed by atoms with Gasteiger partial charge in [-0.1, -0.05) is 12.2 Å². The lowest BCUT2D eigenvalue weighted by Gasteiger charge is -2.29. The Labute approximate surface area is 122 Å². The van der Waals surface area contributed by atoms with E-state index in [1.54, 1.807) is 0 Å². The second kappa shape index (κ2) is 8.74. The topological polar surface area (TPSA) is 53.6 Å². The maximum Gasteiger partial charge on any atom is 0.188 e. The highest BCUT2D eigenvalue weighted by Gasteiger charge is 2.16. The van der Waals surface area contributed by atoms with Crippen molar-refractivity contribution in [3.8, 4) is 0 Å². The van der Waals surface area contributed by atoms with Crippen LogP contribution < -0.4 is 11.1 Å². The second-order valence-corrected chi connectivity index (χ2v) is 4.79. The van der Waals surface area contributed by atoms with Crippen molar-refractivity contribution in [1.29, 1.82) is 0 Å². The third-order valence-corrected chi connectivity index (χ3v) is 2.93. The van der Waals surface area contributed by atoms with Gasteiger partial charge in [0.2, 0.25) is 0 Å². The molecule has 1 aliphatic rings. The summed E-state index contributed by atoms with van der Waals surface area (Å²) in [6.07, 6.45) is 2.49. The summed E-state index contributed by atoms with van der Waals surface area (Å²) in [6.45, 7) is 9.68. The first-order chi connectivity index (χ1) is 7.58. The fraction of sp³-hybridized carbons (Fsp3) is 0.750. The van der Waals surface area contributed by atoms with Crippen LogP contribution in [0.3, 0.4) is 0 Å². The summed E-state index contributed by atoms with van der Waals surface area (Å²) in [7, 11) is 2.17. The summed E-state index contributed by atoms with van der Waals surface area (Å²) in [5, 5.41) is 3.19. The monoisotopic (exact) mass is 352 g/mol. The molecular weight excluding hydrogens is 327 g/mol. The smallest absolute Gasteiger partial charge is 0.188 e. The molecule has 0 atom stereocenters. The minimum Gasteiger partial charge on any atom is -0.370 e. The highest BCUT2D eigenvalue weighted by molar-refractivity contribution is 14.0. The fourth-order valence-corrected chi connectivity index (χ4v) is 1.79. The first-order valence-electron chi connectivity index (χ1n) is 5.94. The van der Waals surface area contributed by atoms with E-state index in [9.17, 15) is 0 Å². The number of nitrogens with two attached hydrogens (primary N) is 1. The molecule has 0 aromatic heterocycles. The van der Waals surface area contributed by atoms with Gasteiger partial charge in [0.15, 0.2) is 5.96 Å². The van der Waals surface area contributed by atoms with Gasteiger partial charge >= 0.3 is 0 Å². The standard InChI is InChI=1S/C12H24N4.HI/c1-10(2)8-14-12(13)15-9-11-4-6-16(3)7-5-11;/h11H,1,4-9H2,2-3H3,(H3,13,14,15);1H. The third-order valence-electron chi connectivity index (χ3n) is 2.93. The van der Waals surface area contributed by atoms with E-state index in [1.807, 2.05) is 6.92 Å². The van der Waals surface area contributed by atoms with Gasteiger partial charge in [0.05, 0.1) is 6.54 Å². The Hall–Kier alpha value is -0.300. The van der Waals surface area contributed by atoms with Crippen molar-refractivity contribution in [3.63, 3.8) is 0 Å². The van der Waals surface area contributed by atoms with Gasteiger partial charge in [0.25, 0.3) is 0 Å². The molecule has 0 spiro atoms. The maximum absolute atomic E-state index is 5.75. The molecule has 0 saturated carbocycles. The average Bonchev–Trinajstić information content (AvgIpc) is 2.25. The Bertz CT molecular complexity index is 257. The number of guanidine groups is 1. The lowest BCUT2D eigenvalue weighted by Crippen LogP contribution is -2.39. The van der Waals surface area contributed by atoms with Crippen molar-refractivity contribution in [2.45, 2.75) is 19.8 Å². The van der Waals surface area contributed by atoms with Crippen LogP contribution in [-0.2, 0) is 0 Å². The van der Waals surface area contributed by atoms with Crippen LogP contribution in [0.5, 0.6) is 0 Å². The van der Waals surface area contributed by atoms with E-state index in [2.05, 4.69) is 28.8 Å². The first kappa shape index (κ1) is 16.7. The van der Waals surface area contributed by atoms with Crippen LogP contribution in [-0.4, -0.2) is 44.1 Å². The molecule has 1 fully saturated rings. The summed E-state index contributed by atoms with van der Waals surface area (Å²) in [6, 6.07) is 0. The Balaban J connectivity index is 0.00000256. The zero-order valence-electron chi connectivity index (χ0n) is 10.9. The van der Waals surface area contributed by atoms with E-state index in [4.69, 9.17) is 5.73 Å². The molecule has 0 amide bonds. The molecule has 100 valence electrons. The minimum atomic E-state index is 0. The van der Waals surface area contributed by atoms with E-state index in [0.29, 0.717) is 12.5 Å². The molecule has 0 bridgehead atoms. The van der Waals surface area contributed by atoms with E-state index >= 15 is 0 Å². The van der Waals surface area contributed by atoms with Crippen molar-refractivity contribution in [2.75, 3.05) is 33.2 Å². The number of nitrogens with one attached hydrogen (secondary N) is 1. The predicted octanol–water partition coefficient (Wildman–Crippen LogP) is 1.43. The molecule has 0 unspecified atom stereocenters. The number of rotatable bonds is 4. The Morgan fingerprint density at radius 3 is 2.59 bits per heavy atom. The van der Waals surface area contributed by atoms with Crippen molar-refractivity contribution in [1.82, 2.24) is 10.2 Å². The molecule has 1 saturated heterocycles. The van der Waals surface area contributed by atoms with Crippen LogP contribution in [0.4, 0.5) is 0 Å². The van der Waals surface area contributed by atoms with E-state index in [1.165, 1.54) is 25.9 Å². The predicted molar refractivity (Wildman–Crippen MR) is 84.9 cm³/mol. The first-order valence-corrected chi connectivity index (χ1v) is 5.94. The zero-order chi connectivity index (χ0) is 12.0. The molecule has 0 radical (unpaired) electrons. The summed E-state index contributed by atoms with van der Waals surface area (Å²) in [4.78, 5) is 6.57. The molecule has 0 aromatic carbocycles. The van der Waals surface area contributed by atoms with Gasteiger partial charge in [-0.15, -0.1) is 24.0 Å². The van der Waals surface area contributed by atoms with Gasteiger partial charge < -0.3 is 16.0 Å². The van der Waals surface area contributed by atoms with Gasteiger partial charge in [-0.25, -0.2) is 4.99 Å². The van der Waals surface area contributed by atoms with Gasteiger partial charge in [0.1, 0.15) is 0 Å². The molecule has 17 heavy (non-hydrogen) atoms. The van der Waals surface area contributed by atoms with Crippen molar-refractivity contribution >= 4 is 29.9 Å². The second-order valence-electron chi connectivity index (χ2n) is 4.79. The highest BCUT2D eigenvalue weighted by Crippen LogP contribution is 2.14. The SMILES string of the molecule is C=C(C)CN=C(N)NCC1CCN(C)CC1.I. The largest absolute Gasteiger partial charge is 0.370 e. The van der Waals surface area contributed by atoms with Gasteiger partial charge in [-0.05, 0) is 45.8 Å². The van der Waals surface area contributed by atoms with Crippen LogP contribution in [0.2, 0.25) is 0 Å². The molecule has 1 heterocycles. The Morgan fingerprint density at radius 1 is 1.47 bits per heavy atom. The van der Waals surface area contributed by atoms with E-state index in [0.717, 1.165) is 18.0 Å². The normalized spacial score (nSPS) is 18.6. The van der Waals surface area contributed by atoms with E-state index < -0.39 is 0 Å². The summed E-state index contributed by atoms with van der Waals surface area (Å²) in [5.74, 6) is 1.27. The zero-order valence-corrected chi connectivity index (χ0v) is 13.2. The number of piperidine rings is 1. The number of likely N-dealkylation sites (tertiary alicyclic amines) is 1. The van der Waals surface area contributed by atoms with Gasteiger partial charge in [-0.2, -0.15) is 0 Å². The summed E-state index contributed by atoms with van der Waals surface area (Å²) >= 11 is 0. The number of hydrogen-bond acceptors (Lipinski definition) is 2. The van der Waals surface area contributed by atoms with Crippen molar-refractivity contribution < 1.29 is 0 Å². The number of aliphatic imine (C=N–C) groups is 1. The molecule has 1 rings (SSSR count). The van der Waals surface area contributed by atoms with Gasteiger partial charge in [0, 0.05) is 6.54 Å². The van der Waals surface area contributed by atoms with Crippen LogP contribution in [0.15, 0.2) is 17.1 Å². The minimum absolute atomic E-state index is 0. The Morgan fingerprint density at radius 2 is 2.06 bits per heavy atom. The van der Waals surface area contributed by atoms with Crippen molar-refractivity contribution in [2.24, 2.45) is 16.6 Å². The highest BCUT2D eigenvalue weighted by atomic mass is 127. The van der Waals surface area contributed by atoms with Crippen LogP contribution in [0, 0.1) is 5.92 Å². The fourth-order valence-electron chi connectivity index (χ4n) is 1.79. The third kappa shape index (κ3) is 7.59. The Kier molecular flexibility index (Phi) is 8.59. The summed E-state index contributed by atoms with van der Waals surface area (Å²) < 4.78 is 0. The number of hydrogen-bond donors (Lipinski definition) is 2. The lowest BCUT2D eigenvalue weighted by molar-refractivity contribution is 0.220. The molecule has 3 N–H and O–H groups in total. The number of nitrogens with zero attached hydrogens (tertiary/aromatic N) is 2. The van der Waals surface area contributed by atoms with Crippen LogP contribution in [0.25, 0.3) is 0 Å². The lowest BCUT2D eigenvalue weighted by atomic mass is 9.97. The maximum atomic E-state index is 5.75. The quantitative estimate of drug-likeness (QED) is 0.348. The van der Waals surface area contributed by atoms with E-state index in [-0.39, 0.29) is 24.0 Å². The van der Waals surface area contributed by atoms with Gasteiger partial charge in [-0.3, -0.25) is 0 Å². The molecule has 0 aromatic rings. The molecule has 5 heteroatoms. The average molecular weight is 352 g/mol. The van der Waals surface area contributed by atoms with Crippen LogP contribution in [0.1, 0.15) is 19.8 Å². The summed E-state index contributed by atoms with van der Waals surface area (Å²) in [5.41, 5.74) is 6.79. The van der Waals surface area contributed by atoms with Crippen molar-refractivity contribution in [3.05, 3.63) is 12.2 Å². The molecule has 0 aliphatic carbocycles. The molecule has 4 nitrogen and oxygen atoms in total.